The molecular formula is C22H30N4O3. The molecule has 1 aromatic heterocycles. The van der Waals surface area contributed by atoms with Gasteiger partial charge in [0.2, 0.25) is 5.95 Å². The third-order valence-corrected chi connectivity index (χ3v) is 4.68. The smallest absolute Gasteiger partial charge is 0.324 e. The van der Waals surface area contributed by atoms with Gasteiger partial charge in [-0.05, 0) is 24.5 Å². The molecule has 7 nitrogen and oxygen atoms in total. The van der Waals surface area contributed by atoms with Gasteiger partial charge in [-0.15, -0.1) is 0 Å². The van der Waals surface area contributed by atoms with Gasteiger partial charge in [0.1, 0.15) is 0 Å². The number of aryl methyl sites for hydroxylation is 1. The van der Waals surface area contributed by atoms with Crippen LogP contribution in [0.4, 0.5) is 10.7 Å². The molecule has 0 fully saturated rings. The molecule has 0 spiro atoms. The van der Waals surface area contributed by atoms with Gasteiger partial charge < -0.3 is 10.4 Å². The molecule has 2 amide bonds. The van der Waals surface area contributed by atoms with Gasteiger partial charge in [0, 0.05) is 31.8 Å². The van der Waals surface area contributed by atoms with Crippen LogP contribution < -0.4 is 10.2 Å². The lowest BCUT2D eigenvalue weighted by Gasteiger charge is -2.16. The summed E-state index contributed by atoms with van der Waals surface area (Å²) in [4.78, 5) is 33.1. The lowest BCUT2D eigenvalue weighted by Crippen LogP contribution is -2.38. The summed E-state index contributed by atoms with van der Waals surface area (Å²) in [6, 6.07) is 9.17. The molecule has 0 bridgehead atoms. The molecule has 156 valence electrons. The standard InChI is InChI=1S/C22H30N4O3/c1-3-4-5-6-7-15-24-22(29)26(2)21-23-16-14-19(25-21)18-11-8-17(9-12-18)10-13-20(27)28/h8-9,11-12,14,16H,3-7,10,13,15H2,1-2H3,(H,24,29)(H,27,28). The lowest BCUT2D eigenvalue weighted by atomic mass is 10.1. The first-order valence-electron chi connectivity index (χ1n) is 10.2. The van der Waals surface area contributed by atoms with E-state index in [-0.39, 0.29) is 12.5 Å². The molecule has 7 heteroatoms. The molecule has 0 saturated carbocycles. The number of carbonyl (C=O) groups excluding carboxylic acids is 1. The summed E-state index contributed by atoms with van der Waals surface area (Å²) in [7, 11) is 1.65. The molecule has 1 aromatic carbocycles. The summed E-state index contributed by atoms with van der Waals surface area (Å²) in [6.45, 7) is 2.82. The monoisotopic (exact) mass is 398 g/mol. The van der Waals surface area contributed by atoms with E-state index in [0.717, 1.165) is 24.0 Å². The van der Waals surface area contributed by atoms with E-state index in [1.54, 1.807) is 19.3 Å². The molecule has 0 aliphatic rings. The van der Waals surface area contributed by atoms with Crippen molar-refractivity contribution in [2.75, 3.05) is 18.5 Å². The van der Waals surface area contributed by atoms with Gasteiger partial charge in [-0.1, -0.05) is 56.9 Å². The first-order valence-corrected chi connectivity index (χ1v) is 10.2. The first-order chi connectivity index (χ1) is 14.0. The predicted octanol–water partition coefficient (Wildman–Crippen LogP) is 4.28. The van der Waals surface area contributed by atoms with Gasteiger partial charge in [0.05, 0.1) is 5.69 Å². The number of carboxylic acids is 1. The Bertz CT molecular complexity index is 793. The number of hydrogen-bond acceptors (Lipinski definition) is 4. The molecule has 29 heavy (non-hydrogen) atoms. The molecular weight excluding hydrogens is 368 g/mol. The van der Waals surface area contributed by atoms with Crippen molar-refractivity contribution < 1.29 is 14.7 Å². The number of aliphatic carboxylic acids is 1. The van der Waals surface area contributed by atoms with Crippen molar-refractivity contribution in [3.05, 3.63) is 42.1 Å². The van der Waals surface area contributed by atoms with Crippen molar-refractivity contribution in [3.63, 3.8) is 0 Å². The Kier molecular flexibility index (Phi) is 9.08. The van der Waals surface area contributed by atoms with Crippen molar-refractivity contribution in [1.82, 2.24) is 15.3 Å². The van der Waals surface area contributed by atoms with Gasteiger partial charge >= 0.3 is 12.0 Å². The quantitative estimate of drug-likeness (QED) is 0.551. The summed E-state index contributed by atoms with van der Waals surface area (Å²) in [5.41, 5.74) is 2.55. The summed E-state index contributed by atoms with van der Waals surface area (Å²) in [5, 5.41) is 11.7. The normalized spacial score (nSPS) is 10.6. The number of unbranched alkanes of at least 4 members (excludes halogenated alkanes) is 4. The zero-order valence-electron chi connectivity index (χ0n) is 17.2. The maximum atomic E-state index is 12.3. The van der Waals surface area contributed by atoms with E-state index < -0.39 is 5.97 Å². The van der Waals surface area contributed by atoms with E-state index in [0.29, 0.717) is 24.6 Å². The summed E-state index contributed by atoms with van der Waals surface area (Å²) >= 11 is 0. The Morgan fingerprint density at radius 3 is 2.48 bits per heavy atom. The van der Waals surface area contributed by atoms with E-state index in [1.165, 1.54) is 24.2 Å². The minimum atomic E-state index is -0.809. The zero-order chi connectivity index (χ0) is 21.1. The molecule has 2 rings (SSSR count). The van der Waals surface area contributed by atoms with Crippen LogP contribution in [0.25, 0.3) is 11.3 Å². The topological polar surface area (TPSA) is 95.4 Å². The Hall–Kier alpha value is -2.96. The van der Waals surface area contributed by atoms with Crippen LogP contribution in [0.1, 0.15) is 51.0 Å². The lowest BCUT2D eigenvalue weighted by molar-refractivity contribution is -0.136. The third-order valence-electron chi connectivity index (χ3n) is 4.68. The Labute approximate surface area is 172 Å². The van der Waals surface area contributed by atoms with Gasteiger partial charge in [-0.2, -0.15) is 0 Å². The fraction of sp³-hybridized carbons (Fsp3) is 0.455. The molecule has 1 heterocycles. The number of anilines is 1. The second-order valence-corrected chi connectivity index (χ2v) is 7.04. The number of rotatable bonds is 11. The van der Waals surface area contributed by atoms with Crippen molar-refractivity contribution >= 4 is 17.9 Å². The summed E-state index contributed by atoms with van der Waals surface area (Å²) in [6.07, 6.45) is 7.94. The van der Waals surface area contributed by atoms with Crippen molar-refractivity contribution in [2.45, 2.75) is 51.9 Å². The van der Waals surface area contributed by atoms with E-state index in [9.17, 15) is 9.59 Å². The van der Waals surface area contributed by atoms with Crippen LogP contribution in [0, 0.1) is 0 Å². The van der Waals surface area contributed by atoms with Crippen LogP contribution in [0.15, 0.2) is 36.5 Å². The number of amides is 2. The molecule has 0 aliphatic carbocycles. The van der Waals surface area contributed by atoms with Crippen LogP contribution in [-0.4, -0.2) is 40.7 Å². The summed E-state index contributed by atoms with van der Waals surface area (Å²) in [5.74, 6) is -0.474. The van der Waals surface area contributed by atoms with E-state index in [1.807, 2.05) is 24.3 Å². The highest BCUT2D eigenvalue weighted by Gasteiger charge is 2.14. The Morgan fingerprint density at radius 1 is 1.07 bits per heavy atom. The SMILES string of the molecule is CCCCCCCNC(=O)N(C)c1nccc(-c2ccc(CCC(=O)O)cc2)n1. The molecule has 0 unspecified atom stereocenters. The number of carbonyl (C=O) groups is 2. The number of nitrogens with zero attached hydrogens (tertiary/aromatic N) is 3. The first kappa shape index (κ1) is 22.3. The second kappa shape index (κ2) is 11.8. The van der Waals surface area contributed by atoms with Gasteiger partial charge in [0.15, 0.2) is 0 Å². The zero-order valence-corrected chi connectivity index (χ0v) is 17.2. The number of nitrogens with one attached hydrogen (secondary N) is 1. The van der Waals surface area contributed by atoms with Crippen molar-refractivity contribution in [1.29, 1.82) is 0 Å². The van der Waals surface area contributed by atoms with Gasteiger partial charge in [0.25, 0.3) is 0 Å². The predicted molar refractivity (Wildman–Crippen MR) is 114 cm³/mol. The fourth-order valence-electron chi connectivity index (χ4n) is 2.90. The van der Waals surface area contributed by atoms with E-state index in [4.69, 9.17) is 5.11 Å². The molecule has 0 saturated heterocycles. The highest BCUT2D eigenvalue weighted by molar-refractivity contribution is 5.89. The second-order valence-electron chi connectivity index (χ2n) is 7.04. The number of hydrogen-bond donors (Lipinski definition) is 2. The van der Waals surface area contributed by atoms with E-state index >= 15 is 0 Å². The van der Waals surface area contributed by atoms with Gasteiger partial charge in [-0.25, -0.2) is 14.8 Å². The maximum absolute atomic E-state index is 12.3. The minimum Gasteiger partial charge on any atom is -0.481 e. The van der Waals surface area contributed by atoms with Crippen LogP contribution in [0.3, 0.4) is 0 Å². The number of urea groups is 1. The maximum Gasteiger partial charge on any atom is 0.324 e. The van der Waals surface area contributed by atoms with Crippen molar-refractivity contribution in [3.8, 4) is 11.3 Å². The molecule has 0 atom stereocenters. The van der Waals surface area contributed by atoms with Gasteiger partial charge in [-0.3, -0.25) is 9.69 Å². The highest BCUT2D eigenvalue weighted by Crippen LogP contribution is 2.20. The molecule has 0 aliphatic heterocycles. The van der Waals surface area contributed by atoms with E-state index in [2.05, 4.69) is 22.2 Å². The molecule has 2 N–H and O–H groups in total. The fourth-order valence-corrected chi connectivity index (χ4v) is 2.90. The molecule has 0 radical (unpaired) electrons. The van der Waals surface area contributed by atoms with Crippen LogP contribution in [0.5, 0.6) is 0 Å². The third kappa shape index (κ3) is 7.52. The highest BCUT2D eigenvalue weighted by atomic mass is 16.4. The van der Waals surface area contributed by atoms with Crippen LogP contribution in [-0.2, 0) is 11.2 Å². The Balaban J connectivity index is 1.94. The largest absolute Gasteiger partial charge is 0.481 e. The Morgan fingerprint density at radius 2 is 1.79 bits per heavy atom. The van der Waals surface area contributed by atoms with Crippen LogP contribution >= 0.6 is 0 Å². The average molecular weight is 399 g/mol. The van der Waals surface area contributed by atoms with Crippen molar-refractivity contribution in [2.24, 2.45) is 0 Å². The number of benzene rings is 1. The molecule has 2 aromatic rings. The number of aromatic nitrogens is 2. The average Bonchev–Trinajstić information content (AvgIpc) is 2.74. The summed E-state index contributed by atoms with van der Waals surface area (Å²) < 4.78 is 0. The minimum absolute atomic E-state index is 0.107. The number of carboxylic acid groups (broad SMARTS) is 1. The van der Waals surface area contributed by atoms with Crippen LogP contribution in [0.2, 0.25) is 0 Å².